The lowest BCUT2D eigenvalue weighted by Gasteiger charge is -2.27. The molecule has 0 fully saturated rings. The molecule has 4 N–H and O–H groups in total. The van der Waals surface area contributed by atoms with Crippen molar-refractivity contribution in [3.8, 4) is 11.5 Å². The molecular formula is C20H26N3O4S+. The fourth-order valence-electron chi connectivity index (χ4n) is 3.49. The number of thiophene rings is 1. The number of fused-ring (bicyclic) bond motifs is 1. The quantitative estimate of drug-likeness (QED) is 0.679. The van der Waals surface area contributed by atoms with Gasteiger partial charge in [0, 0.05) is 12.0 Å². The van der Waals surface area contributed by atoms with Crippen LogP contribution in [0.15, 0.2) is 18.2 Å². The number of hydrogen-bond donors (Lipinski definition) is 3. The highest BCUT2D eigenvalue weighted by Gasteiger charge is 2.30. The molecule has 150 valence electrons. The van der Waals surface area contributed by atoms with Crippen LogP contribution in [0.2, 0.25) is 0 Å². The standard InChI is InChI=1S/C20H25N3O4S/c1-11(2)23-8-7-13-16(10-23)28-20(17(13)18(21)24)22-19(25)12-5-6-14(26-3)15(9-12)27-4/h5-6,9,11H,7-8,10H2,1-4H3,(H2,21,24)(H,22,25)/p+1. The summed E-state index contributed by atoms with van der Waals surface area (Å²) in [5.41, 5.74) is 7.48. The number of ether oxygens (including phenoxy) is 2. The van der Waals surface area contributed by atoms with Crippen molar-refractivity contribution >= 4 is 28.2 Å². The zero-order valence-electron chi connectivity index (χ0n) is 16.5. The van der Waals surface area contributed by atoms with E-state index in [1.165, 1.54) is 30.5 Å². The second kappa shape index (κ2) is 8.20. The van der Waals surface area contributed by atoms with Gasteiger partial charge in [-0.15, -0.1) is 11.3 Å². The SMILES string of the molecule is COc1ccc(C(=O)Nc2sc3c(c2C(N)=O)CC[NH+](C(C)C)C3)cc1OC. The fraction of sp³-hybridized carbons (Fsp3) is 0.400. The minimum atomic E-state index is -0.506. The van der Waals surface area contributed by atoms with E-state index < -0.39 is 5.91 Å². The first-order valence-electron chi connectivity index (χ1n) is 9.18. The van der Waals surface area contributed by atoms with Crippen LogP contribution in [0.5, 0.6) is 11.5 Å². The van der Waals surface area contributed by atoms with Crippen molar-refractivity contribution in [2.45, 2.75) is 32.9 Å². The first-order valence-corrected chi connectivity index (χ1v) is 9.99. The van der Waals surface area contributed by atoms with Gasteiger partial charge in [-0.1, -0.05) is 0 Å². The Morgan fingerprint density at radius 2 is 1.93 bits per heavy atom. The molecule has 0 spiro atoms. The third-order valence-corrected chi connectivity index (χ3v) is 6.26. The summed E-state index contributed by atoms with van der Waals surface area (Å²) in [6.45, 7) is 6.15. The molecule has 0 saturated heterocycles. The topological polar surface area (TPSA) is 95.1 Å². The van der Waals surface area contributed by atoms with Gasteiger partial charge in [-0.25, -0.2) is 0 Å². The number of methoxy groups -OCH3 is 2. The number of nitrogens with one attached hydrogen (secondary N) is 2. The molecule has 7 nitrogen and oxygen atoms in total. The Morgan fingerprint density at radius 3 is 2.54 bits per heavy atom. The lowest BCUT2D eigenvalue weighted by atomic mass is 10.0. The Balaban J connectivity index is 1.90. The van der Waals surface area contributed by atoms with Crippen LogP contribution in [-0.2, 0) is 13.0 Å². The van der Waals surface area contributed by atoms with E-state index in [0.29, 0.717) is 33.7 Å². The number of carbonyl (C=O) groups is 2. The predicted molar refractivity (Wildman–Crippen MR) is 109 cm³/mol. The van der Waals surface area contributed by atoms with Crippen LogP contribution in [0.25, 0.3) is 0 Å². The van der Waals surface area contributed by atoms with E-state index in [0.717, 1.165) is 30.0 Å². The number of rotatable bonds is 6. The van der Waals surface area contributed by atoms with Gasteiger partial charge >= 0.3 is 0 Å². The Labute approximate surface area is 168 Å². The maximum atomic E-state index is 12.8. The number of carbonyl (C=O) groups excluding carboxylic acids is 2. The maximum Gasteiger partial charge on any atom is 0.256 e. The summed E-state index contributed by atoms with van der Waals surface area (Å²) in [5, 5.41) is 3.39. The highest BCUT2D eigenvalue weighted by molar-refractivity contribution is 7.17. The van der Waals surface area contributed by atoms with Crippen molar-refractivity contribution in [1.82, 2.24) is 0 Å². The lowest BCUT2D eigenvalue weighted by molar-refractivity contribution is -0.936. The minimum absolute atomic E-state index is 0.324. The van der Waals surface area contributed by atoms with Crippen molar-refractivity contribution in [1.29, 1.82) is 0 Å². The van der Waals surface area contributed by atoms with Gasteiger partial charge in [0.25, 0.3) is 11.8 Å². The number of nitrogens with two attached hydrogens (primary N) is 1. The molecule has 2 amide bonds. The van der Waals surface area contributed by atoms with Gasteiger partial charge in [0.2, 0.25) is 0 Å². The molecule has 3 rings (SSSR count). The van der Waals surface area contributed by atoms with Crippen molar-refractivity contribution in [3.05, 3.63) is 39.8 Å². The molecular weight excluding hydrogens is 378 g/mol. The molecule has 0 aliphatic carbocycles. The molecule has 2 aromatic rings. The van der Waals surface area contributed by atoms with Gasteiger partial charge in [0.05, 0.1) is 37.2 Å². The average Bonchev–Trinajstić information content (AvgIpc) is 3.04. The van der Waals surface area contributed by atoms with Gasteiger partial charge in [0.15, 0.2) is 11.5 Å². The predicted octanol–water partition coefficient (Wildman–Crippen LogP) is 1.47. The first kappa shape index (κ1) is 20.2. The zero-order valence-corrected chi connectivity index (χ0v) is 17.4. The van der Waals surface area contributed by atoms with E-state index in [9.17, 15) is 9.59 Å². The molecule has 1 aromatic carbocycles. The second-order valence-electron chi connectivity index (χ2n) is 7.09. The molecule has 28 heavy (non-hydrogen) atoms. The average molecular weight is 405 g/mol. The molecule has 1 aromatic heterocycles. The molecule has 0 radical (unpaired) electrons. The summed E-state index contributed by atoms with van der Waals surface area (Å²) >= 11 is 1.44. The van der Waals surface area contributed by atoms with E-state index in [1.54, 1.807) is 18.2 Å². The summed E-state index contributed by atoms with van der Waals surface area (Å²) < 4.78 is 10.5. The van der Waals surface area contributed by atoms with Gasteiger partial charge in [-0.3, -0.25) is 9.59 Å². The Bertz CT molecular complexity index is 907. The highest BCUT2D eigenvalue weighted by Crippen LogP contribution is 2.35. The van der Waals surface area contributed by atoms with Crippen LogP contribution in [-0.4, -0.2) is 38.6 Å². The Hall–Kier alpha value is -2.58. The van der Waals surface area contributed by atoms with Crippen LogP contribution in [0.3, 0.4) is 0 Å². The second-order valence-corrected chi connectivity index (χ2v) is 8.19. The molecule has 2 heterocycles. The van der Waals surface area contributed by atoms with Crippen LogP contribution in [0.4, 0.5) is 5.00 Å². The largest absolute Gasteiger partial charge is 0.493 e. The fourth-order valence-corrected chi connectivity index (χ4v) is 4.79. The van der Waals surface area contributed by atoms with Crippen molar-refractivity contribution < 1.29 is 24.0 Å². The van der Waals surface area contributed by atoms with E-state index >= 15 is 0 Å². The van der Waals surface area contributed by atoms with Crippen LogP contribution < -0.4 is 25.4 Å². The van der Waals surface area contributed by atoms with Gasteiger partial charge in [-0.2, -0.15) is 0 Å². The van der Waals surface area contributed by atoms with Crippen LogP contribution in [0, 0.1) is 0 Å². The monoisotopic (exact) mass is 404 g/mol. The minimum Gasteiger partial charge on any atom is -0.493 e. The Kier molecular flexibility index (Phi) is 5.90. The summed E-state index contributed by atoms with van der Waals surface area (Å²) in [4.78, 5) is 27.5. The molecule has 1 atom stereocenters. The maximum absolute atomic E-state index is 12.8. The molecule has 1 aliphatic heterocycles. The Morgan fingerprint density at radius 1 is 1.21 bits per heavy atom. The molecule has 1 unspecified atom stereocenters. The number of quaternary nitrogens is 1. The molecule has 1 aliphatic rings. The van der Waals surface area contributed by atoms with Crippen LogP contribution >= 0.6 is 11.3 Å². The summed E-state index contributed by atoms with van der Waals surface area (Å²) in [5.74, 6) is 0.176. The normalized spacial score (nSPS) is 15.8. The van der Waals surface area contributed by atoms with E-state index in [2.05, 4.69) is 19.2 Å². The zero-order chi connectivity index (χ0) is 20.4. The molecule has 8 heteroatoms. The number of hydrogen-bond acceptors (Lipinski definition) is 5. The van der Waals surface area contributed by atoms with Gasteiger partial charge in [0.1, 0.15) is 11.5 Å². The summed E-state index contributed by atoms with van der Waals surface area (Å²) in [6, 6.07) is 5.43. The van der Waals surface area contributed by atoms with E-state index in [1.807, 2.05) is 0 Å². The third kappa shape index (κ3) is 3.83. The lowest BCUT2D eigenvalue weighted by Crippen LogP contribution is -3.14. The number of benzene rings is 1. The highest BCUT2D eigenvalue weighted by atomic mass is 32.1. The number of amides is 2. The smallest absolute Gasteiger partial charge is 0.256 e. The number of primary amides is 1. The van der Waals surface area contributed by atoms with Gasteiger partial charge < -0.3 is 25.4 Å². The van der Waals surface area contributed by atoms with Crippen molar-refractivity contribution in [3.63, 3.8) is 0 Å². The van der Waals surface area contributed by atoms with E-state index in [-0.39, 0.29) is 5.91 Å². The van der Waals surface area contributed by atoms with E-state index in [4.69, 9.17) is 15.2 Å². The van der Waals surface area contributed by atoms with Crippen molar-refractivity contribution in [2.24, 2.45) is 5.73 Å². The van der Waals surface area contributed by atoms with Crippen molar-refractivity contribution in [2.75, 3.05) is 26.1 Å². The summed E-state index contributed by atoms with van der Waals surface area (Å²) in [7, 11) is 3.05. The van der Waals surface area contributed by atoms with Crippen LogP contribution in [0.1, 0.15) is 45.0 Å². The number of anilines is 1. The van der Waals surface area contributed by atoms with Gasteiger partial charge in [-0.05, 0) is 37.6 Å². The first-order chi connectivity index (χ1) is 13.3. The summed E-state index contributed by atoms with van der Waals surface area (Å²) in [6.07, 6.45) is 0.782. The third-order valence-electron chi connectivity index (χ3n) is 5.11. The molecule has 0 saturated carbocycles. The molecule has 0 bridgehead atoms.